The highest BCUT2D eigenvalue weighted by Gasteiger charge is 2.29. The van der Waals surface area contributed by atoms with E-state index in [9.17, 15) is 4.79 Å². The summed E-state index contributed by atoms with van der Waals surface area (Å²) >= 11 is 0. The van der Waals surface area contributed by atoms with Gasteiger partial charge < -0.3 is 16.0 Å². The maximum atomic E-state index is 11.5. The number of nitrogens with zero attached hydrogens (tertiary/aromatic N) is 2. The van der Waals surface area contributed by atoms with Crippen molar-refractivity contribution in [2.75, 3.05) is 20.6 Å². The van der Waals surface area contributed by atoms with Gasteiger partial charge in [-0.2, -0.15) is 0 Å². The van der Waals surface area contributed by atoms with Crippen LogP contribution in [0, 0.1) is 5.41 Å². The standard InChI is InChI=1S/C11H22N4O.HI/c1-11(2,9(16)13-3)7-14-10(12)15(4)8-5-6-8;/h8H,5-7H2,1-4H3,(H2,12,14)(H,13,16);1H. The Balaban J connectivity index is 0.00000256. The molecule has 1 aliphatic rings. The highest BCUT2D eigenvalue weighted by Crippen LogP contribution is 2.25. The summed E-state index contributed by atoms with van der Waals surface area (Å²) in [6.45, 7) is 4.13. The van der Waals surface area contributed by atoms with E-state index in [1.807, 2.05) is 25.8 Å². The minimum atomic E-state index is -0.510. The quantitative estimate of drug-likeness (QED) is 0.445. The van der Waals surface area contributed by atoms with Gasteiger partial charge in [-0.1, -0.05) is 0 Å². The number of amides is 1. The van der Waals surface area contributed by atoms with Gasteiger partial charge in [0.25, 0.3) is 0 Å². The number of aliphatic imine (C=N–C) groups is 1. The Labute approximate surface area is 120 Å². The molecule has 1 amide bonds. The molecule has 100 valence electrons. The number of nitrogens with one attached hydrogen (secondary N) is 1. The molecule has 0 unspecified atom stereocenters. The van der Waals surface area contributed by atoms with Crippen LogP contribution in [0.1, 0.15) is 26.7 Å². The molecule has 17 heavy (non-hydrogen) atoms. The summed E-state index contributed by atoms with van der Waals surface area (Å²) < 4.78 is 0. The van der Waals surface area contributed by atoms with Gasteiger partial charge in [0.15, 0.2) is 5.96 Å². The van der Waals surface area contributed by atoms with E-state index in [1.54, 1.807) is 7.05 Å². The van der Waals surface area contributed by atoms with Gasteiger partial charge in [-0.3, -0.25) is 9.79 Å². The van der Waals surface area contributed by atoms with Crippen molar-refractivity contribution < 1.29 is 4.79 Å². The second-order valence-electron chi connectivity index (χ2n) is 4.98. The molecule has 0 aromatic carbocycles. The number of carbonyl (C=O) groups excluding carboxylic acids is 1. The number of guanidine groups is 1. The zero-order chi connectivity index (χ0) is 12.3. The Morgan fingerprint density at radius 1 is 1.53 bits per heavy atom. The predicted molar refractivity (Wildman–Crippen MR) is 80.5 cm³/mol. The second-order valence-corrected chi connectivity index (χ2v) is 4.98. The first kappa shape index (κ1) is 16.5. The van der Waals surface area contributed by atoms with Gasteiger partial charge in [-0.15, -0.1) is 24.0 Å². The molecule has 1 saturated carbocycles. The summed E-state index contributed by atoms with van der Waals surface area (Å²) in [6.07, 6.45) is 2.37. The lowest BCUT2D eigenvalue weighted by Gasteiger charge is -2.22. The number of carbonyl (C=O) groups is 1. The summed E-state index contributed by atoms with van der Waals surface area (Å²) in [5.41, 5.74) is 5.34. The third-order valence-electron chi connectivity index (χ3n) is 2.93. The van der Waals surface area contributed by atoms with Crippen molar-refractivity contribution in [1.82, 2.24) is 10.2 Å². The lowest BCUT2D eigenvalue weighted by atomic mass is 9.93. The first-order valence-electron chi connectivity index (χ1n) is 5.63. The van der Waals surface area contributed by atoms with Crippen molar-refractivity contribution >= 4 is 35.8 Å². The molecule has 0 radical (unpaired) electrons. The number of hydrogen-bond acceptors (Lipinski definition) is 2. The van der Waals surface area contributed by atoms with Crippen LogP contribution in [-0.2, 0) is 4.79 Å². The molecule has 6 heteroatoms. The zero-order valence-electron chi connectivity index (χ0n) is 11.0. The molecule has 1 aliphatic carbocycles. The minimum Gasteiger partial charge on any atom is -0.370 e. The molecular weight excluding hydrogens is 331 g/mol. The molecule has 5 nitrogen and oxygen atoms in total. The summed E-state index contributed by atoms with van der Waals surface area (Å²) in [5, 5.41) is 2.63. The molecule has 0 bridgehead atoms. The lowest BCUT2D eigenvalue weighted by Crippen LogP contribution is -2.40. The van der Waals surface area contributed by atoms with E-state index in [4.69, 9.17) is 5.73 Å². The molecular formula is C11H23IN4O. The van der Waals surface area contributed by atoms with Crippen LogP contribution in [0.2, 0.25) is 0 Å². The van der Waals surface area contributed by atoms with Gasteiger partial charge in [-0.05, 0) is 26.7 Å². The average Bonchev–Trinajstić information content (AvgIpc) is 3.07. The summed E-state index contributed by atoms with van der Waals surface area (Å²) in [6, 6.07) is 0.548. The predicted octanol–water partition coefficient (Wildman–Crippen LogP) is 0.785. The Morgan fingerprint density at radius 2 is 2.06 bits per heavy atom. The van der Waals surface area contributed by atoms with Crippen LogP contribution in [0.5, 0.6) is 0 Å². The van der Waals surface area contributed by atoms with Gasteiger partial charge in [0.1, 0.15) is 0 Å². The van der Waals surface area contributed by atoms with Crippen LogP contribution in [0.15, 0.2) is 4.99 Å². The number of rotatable bonds is 4. The van der Waals surface area contributed by atoms with E-state index in [2.05, 4.69) is 10.3 Å². The van der Waals surface area contributed by atoms with E-state index >= 15 is 0 Å². The smallest absolute Gasteiger partial charge is 0.227 e. The van der Waals surface area contributed by atoms with Crippen molar-refractivity contribution in [3.63, 3.8) is 0 Å². The lowest BCUT2D eigenvalue weighted by molar-refractivity contribution is -0.128. The molecule has 1 rings (SSSR count). The maximum absolute atomic E-state index is 11.5. The molecule has 0 aromatic rings. The fraction of sp³-hybridized carbons (Fsp3) is 0.818. The number of hydrogen-bond donors (Lipinski definition) is 2. The number of nitrogens with two attached hydrogens (primary N) is 1. The molecule has 1 fully saturated rings. The van der Waals surface area contributed by atoms with Gasteiger partial charge in [0.05, 0.1) is 12.0 Å². The normalized spacial score (nSPS) is 16.1. The van der Waals surface area contributed by atoms with Crippen molar-refractivity contribution in [3.8, 4) is 0 Å². The molecule has 0 heterocycles. The van der Waals surface area contributed by atoms with Gasteiger partial charge in [0.2, 0.25) is 5.91 Å². The van der Waals surface area contributed by atoms with Crippen LogP contribution in [0.25, 0.3) is 0 Å². The van der Waals surface area contributed by atoms with Gasteiger partial charge in [0, 0.05) is 20.1 Å². The van der Waals surface area contributed by atoms with E-state index in [1.165, 1.54) is 12.8 Å². The Kier molecular flexibility index (Phi) is 6.22. The maximum Gasteiger partial charge on any atom is 0.227 e. The van der Waals surface area contributed by atoms with Crippen LogP contribution >= 0.6 is 24.0 Å². The Hall–Kier alpha value is -0.530. The first-order chi connectivity index (χ1) is 7.38. The summed E-state index contributed by atoms with van der Waals surface area (Å²) in [7, 11) is 3.58. The van der Waals surface area contributed by atoms with Crippen LogP contribution in [-0.4, -0.2) is 43.4 Å². The molecule has 0 saturated heterocycles. The van der Waals surface area contributed by atoms with Crippen molar-refractivity contribution in [2.45, 2.75) is 32.7 Å². The van der Waals surface area contributed by atoms with Gasteiger partial charge in [-0.25, -0.2) is 0 Å². The third kappa shape index (κ3) is 4.69. The van der Waals surface area contributed by atoms with Crippen LogP contribution in [0.3, 0.4) is 0 Å². The largest absolute Gasteiger partial charge is 0.370 e. The Morgan fingerprint density at radius 3 is 2.47 bits per heavy atom. The first-order valence-corrected chi connectivity index (χ1v) is 5.63. The Bertz CT molecular complexity index is 300. The minimum absolute atomic E-state index is 0. The fourth-order valence-corrected chi connectivity index (χ4v) is 1.45. The average molecular weight is 354 g/mol. The second kappa shape index (κ2) is 6.42. The van der Waals surface area contributed by atoms with Crippen molar-refractivity contribution in [1.29, 1.82) is 0 Å². The monoisotopic (exact) mass is 354 g/mol. The summed E-state index contributed by atoms with van der Waals surface area (Å²) in [5.74, 6) is 0.512. The van der Waals surface area contributed by atoms with E-state index < -0.39 is 5.41 Å². The molecule has 0 aromatic heterocycles. The topological polar surface area (TPSA) is 70.7 Å². The van der Waals surface area contributed by atoms with Crippen LogP contribution < -0.4 is 11.1 Å². The van der Waals surface area contributed by atoms with Crippen molar-refractivity contribution in [2.24, 2.45) is 16.1 Å². The highest BCUT2D eigenvalue weighted by molar-refractivity contribution is 14.0. The zero-order valence-corrected chi connectivity index (χ0v) is 13.3. The molecule has 0 spiro atoms. The van der Waals surface area contributed by atoms with Crippen LogP contribution in [0.4, 0.5) is 0 Å². The molecule has 0 aliphatic heterocycles. The fourth-order valence-electron chi connectivity index (χ4n) is 1.45. The molecule has 3 N–H and O–H groups in total. The number of halogens is 1. The van der Waals surface area contributed by atoms with Crippen molar-refractivity contribution in [3.05, 3.63) is 0 Å². The summed E-state index contributed by atoms with van der Waals surface area (Å²) in [4.78, 5) is 17.8. The van der Waals surface area contributed by atoms with Gasteiger partial charge >= 0.3 is 0 Å². The SMILES string of the molecule is CNC(=O)C(C)(C)CN=C(N)N(C)C1CC1.I. The highest BCUT2D eigenvalue weighted by atomic mass is 127. The van der Waals surface area contributed by atoms with E-state index in [0.717, 1.165) is 0 Å². The van der Waals surface area contributed by atoms with E-state index in [-0.39, 0.29) is 29.9 Å². The third-order valence-corrected chi connectivity index (χ3v) is 2.93. The molecule has 0 atom stereocenters. The van der Waals surface area contributed by atoms with E-state index in [0.29, 0.717) is 18.5 Å².